The van der Waals surface area contributed by atoms with Crippen LogP contribution < -0.4 is 10.1 Å². The van der Waals surface area contributed by atoms with Gasteiger partial charge in [-0.25, -0.2) is 0 Å². The highest BCUT2D eigenvalue weighted by atomic mass is 19.3. The lowest BCUT2D eigenvalue weighted by atomic mass is 9.88. The second kappa shape index (κ2) is 7.05. The molecule has 22 heavy (non-hydrogen) atoms. The van der Waals surface area contributed by atoms with Crippen molar-refractivity contribution in [3.8, 4) is 5.75 Å². The number of amides is 1. The molecule has 1 amide bonds. The minimum Gasteiger partial charge on any atom is -0.497 e. The quantitative estimate of drug-likeness (QED) is 0.813. The van der Waals surface area contributed by atoms with Crippen LogP contribution in [0.5, 0.6) is 5.75 Å². The standard InChI is InChI=1S/C16H23F2NO3/c1-5-11(2)15(3,21)10-19-14(20)16(17,18)12-6-8-13(22-4)9-7-12/h6-9,11,21H,5,10H2,1-4H3,(H,19,20). The summed E-state index contributed by atoms with van der Waals surface area (Å²) in [6, 6.07) is 5.02. The van der Waals surface area contributed by atoms with Crippen molar-refractivity contribution in [3.05, 3.63) is 29.8 Å². The van der Waals surface area contributed by atoms with Crippen LogP contribution in [0.2, 0.25) is 0 Å². The molecular weight excluding hydrogens is 292 g/mol. The number of ether oxygens (including phenoxy) is 1. The van der Waals surface area contributed by atoms with E-state index in [1.807, 2.05) is 6.92 Å². The number of methoxy groups -OCH3 is 1. The Labute approximate surface area is 129 Å². The zero-order valence-corrected chi connectivity index (χ0v) is 13.3. The molecule has 2 N–H and O–H groups in total. The summed E-state index contributed by atoms with van der Waals surface area (Å²) >= 11 is 0. The summed E-state index contributed by atoms with van der Waals surface area (Å²) in [4.78, 5) is 11.8. The molecule has 0 aliphatic heterocycles. The van der Waals surface area contributed by atoms with Gasteiger partial charge in [-0.15, -0.1) is 0 Å². The van der Waals surface area contributed by atoms with E-state index in [0.29, 0.717) is 12.2 Å². The fourth-order valence-electron chi connectivity index (χ4n) is 1.92. The second-order valence-corrected chi connectivity index (χ2v) is 5.65. The van der Waals surface area contributed by atoms with Gasteiger partial charge in [0.1, 0.15) is 5.75 Å². The average Bonchev–Trinajstić information content (AvgIpc) is 2.51. The first-order valence-electron chi connectivity index (χ1n) is 7.18. The molecule has 1 rings (SSSR count). The number of benzene rings is 1. The van der Waals surface area contributed by atoms with Gasteiger partial charge in [-0.1, -0.05) is 20.3 Å². The van der Waals surface area contributed by atoms with E-state index in [2.05, 4.69) is 5.32 Å². The Balaban J connectivity index is 2.77. The van der Waals surface area contributed by atoms with Gasteiger partial charge in [-0.05, 0) is 37.1 Å². The molecule has 1 aromatic carbocycles. The number of hydrogen-bond donors (Lipinski definition) is 2. The minimum absolute atomic E-state index is 0.123. The zero-order valence-electron chi connectivity index (χ0n) is 13.3. The molecule has 2 unspecified atom stereocenters. The first kappa shape index (κ1) is 18.4. The zero-order chi connectivity index (χ0) is 17.0. The number of rotatable bonds is 7. The Morgan fingerprint density at radius 2 is 1.91 bits per heavy atom. The van der Waals surface area contributed by atoms with Crippen molar-refractivity contribution < 1.29 is 23.4 Å². The van der Waals surface area contributed by atoms with E-state index in [-0.39, 0.29) is 12.5 Å². The SMILES string of the molecule is CCC(C)C(C)(O)CNC(=O)C(F)(F)c1ccc(OC)cc1. The van der Waals surface area contributed by atoms with Crippen molar-refractivity contribution >= 4 is 5.91 Å². The van der Waals surface area contributed by atoms with Crippen LogP contribution in [0.1, 0.15) is 32.8 Å². The molecule has 0 aliphatic rings. The first-order chi connectivity index (χ1) is 10.1. The van der Waals surface area contributed by atoms with Crippen LogP contribution in [0.4, 0.5) is 8.78 Å². The summed E-state index contributed by atoms with van der Waals surface area (Å²) in [5.41, 5.74) is -1.66. The van der Waals surface area contributed by atoms with Crippen molar-refractivity contribution in [3.63, 3.8) is 0 Å². The van der Waals surface area contributed by atoms with Gasteiger partial charge < -0.3 is 15.2 Å². The smallest absolute Gasteiger partial charge is 0.349 e. The fourth-order valence-corrected chi connectivity index (χ4v) is 1.92. The number of hydrogen-bond acceptors (Lipinski definition) is 3. The number of carbonyl (C=O) groups excluding carboxylic acids is 1. The van der Waals surface area contributed by atoms with Gasteiger partial charge in [0, 0.05) is 12.1 Å². The summed E-state index contributed by atoms with van der Waals surface area (Å²) in [6.07, 6.45) is 0.678. The van der Waals surface area contributed by atoms with Gasteiger partial charge in [0.05, 0.1) is 12.7 Å². The molecule has 0 aromatic heterocycles. The van der Waals surface area contributed by atoms with E-state index < -0.39 is 23.0 Å². The van der Waals surface area contributed by atoms with Gasteiger partial charge in [0.25, 0.3) is 5.91 Å². The molecular formula is C16H23F2NO3. The molecule has 0 saturated heterocycles. The summed E-state index contributed by atoms with van der Waals surface area (Å²) < 4.78 is 33.1. The van der Waals surface area contributed by atoms with Crippen molar-refractivity contribution in [2.75, 3.05) is 13.7 Å². The van der Waals surface area contributed by atoms with Gasteiger partial charge >= 0.3 is 5.92 Å². The van der Waals surface area contributed by atoms with Crippen molar-refractivity contribution in [1.82, 2.24) is 5.32 Å². The molecule has 1 aromatic rings. The van der Waals surface area contributed by atoms with Crippen molar-refractivity contribution in [2.24, 2.45) is 5.92 Å². The highest BCUT2D eigenvalue weighted by molar-refractivity contribution is 5.84. The highest BCUT2D eigenvalue weighted by Crippen LogP contribution is 2.30. The number of halogens is 2. The molecule has 4 nitrogen and oxygen atoms in total. The average molecular weight is 315 g/mol. The Kier molecular flexibility index (Phi) is 5.88. The van der Waals surface area contributed by atoms with E-state index in [9.17, 15) is 18.7 Å². The Morgan fingerprint density at radius 3 is 2.36 bits per heavy atom. The van der Waals surface area contributed by atoms with Crippen LogP contribution in [-0.2, 0) is 10.7 Å². The normalized spacial score (nSPS) is 15.8. The van der Waals surface area contributed by atoms with Crippen LogP contribution in [0.25, 0.3) is 0 Å². The minimum atomic E-state index is -3.67. The predicted molar refractivity (Wildman–Crippen MR) is 80.0 cm³/mol. The summed E-state index contributed by atoms with van der Waals surface area (Å²) in [5, 5.41) is 12.3. The van der Waals surface area contributed by atoms with E-state index in [1.165, 1.54) is 26.2 Å². The molecule has 0 saturated carbocycles. The highest BCUT2D eigenvalue weighted by Gasteiger charge is 2.41. The van der Waals surface area contributed by atoms with Gasteiger partial charge in [-0.3, -0.25) is 4.79 Å². The van der Waals surface area contributed by atoms with Gasteiger partial charge in [0.2, 0.25) is 0 Å². The molecule has 0 radical (unpaired) electrons. The third-order valence-electron chi connectivity index (χ3n) is 4.02. The maximum Gasteiger partial charge on any atom is 0.349 e. The second-order valence-electron chi connectivity index (χ2n) is 5.65. The third kappa shape index (κ3) is 4.16. The molecule has 6 heteroatoms. The van der Waals surface area contributed by atoms with E-state index >= 15 is 0 Å². The monoisotopic (exact) mass is 315 g/mol. The lowest BCUT2D eigenvalue weighted by Gasteiger charge is -2.30. The van der Waals surface area contributed by atoms with Crippen molar-refractivity contribution in [2.45, 2.75) is 38.7 Å². The van der Waals surface area contributed by atoms with Crippen LogP contribution in [0, 0.1) is 5.92 Å². The van der Waals surface area contributed by atoms with Crippen LogP contribution in [-0.4, -0.2) is 30.3 Å². The largest absolute Gasteiger partial charge is 0.497 e. The molecule has 2 atom stereocenters. The lowest BCUT2D eigenvalue weighted by molar-refractivity contribution is -0.148. The number of nitrogens with one attached hydrogen (secondary N) is 1. The summed E-state index contributed by atoms with van der Waals surface area (Å²) in [6.45, 7) is 4.97. The van der Waals surface area contributed by atoms with Crippen LogP contribution in [0.3, 0.4) is 0 Å². The Hall–Kier alpha value is -1.69. The van der Waals surface area contributed by atoms with E-state index in [4.69, 9.17) is 4.74 Å². The molecule has 124 valence electrons. The topological polar surface area (TPSA) is 58.6 Å². The Bertz CT molecular complexity index is 501. The summed E-state index contributed by atoms with van der Waals surface area (Å²) in [5.74, 6) is -4.79. The van der Waals surface area contributed by atoms with Crippen LogP contribution >= 0.6 is 0 Å². The van der Waals surface area contributed by atoms with Gasteiger partial charge in [-0.2, -0.15) is 8.78 Å². The molecule has 0 aliphatic carbocycles. The Morgan fingerprint density at radius 1 is 1.36 bits per heavy atom. The van der Waals surface area contributed by atoms with Gasteiger partial charge in [0.15, 0.2) is 0 Å². The number of carbonyl (C=O) groups is 1. The predicted octanol–water partition coefficient (Wildman–Crippen LogP) is 2.70. The molecule has 0 spiro atoms. The van der Waals surface area contributed by atoms with Crippen molar-refractivity contribution in [1.29, 1.82) is 0 Å². The maximum atomic E-state index is 14.1. The third-order valence-corrected chi connectivity index (χ3v) is 4.02. The molecule has 0 bridgehead atoms. The first-order valence-corrected chi connectivity index (χ1v) is 7.18. The number of alkyl halides is 2. The van der Waals surface area contributed by atoms with Crippen LogP contribution in [0.15, 0.2) is 24.3 Å². The summed E-state index contributed by atoms with van der Waals surface area (Å²) in [7, 11) is 1.43. The fraction of sp³-hybridized carbons (Fsp3) is 0.562. The lowest BCUT2D eigenvalue weighted by Crippen LogP contribution is -2.48. The maximum absolute atomic E-state index is 14.1. The molecule has 0 fully saturated rings. The molecule has 0 heterocycles. The van der Waals surface area contributed by atoms with E-state index in [0.717, 1.165) is 12.1 Å². The van der Waals surface area contributed by atoms with E-state index in [1.54, 1.807) is 6.92 Å². The number of aliphatic hydroxyl groups is 1.